The summed E-state index contributed by atoms with van der Waals surface area (Å²) in [6, 6.07) is 0. The Morgan fingerprint density at radius 3 is 2.71 bits per heavy atom. The molecule has 1 fully saturated rings. The van der Waals surface area contributed by atoms with Crippen molar-refractivity contribution in [1.29, 1.82) is 0 Å². The summed E-state index contributed by atoms with van der Waals surface area (Å²) in [5.41, 5.74) is 3.95. The third-order valence-corrected chi connectivity index (χ3v) is 6.22. The SMILES string of the molecule is CC(C)C1=C2CC(O)C(C)C3CCC(=O)/C3=C/C2(C)CC1. The molecule has 0 radical (unpaired) electrons. The molecular formula is C19H28O2. The molecule has 0 bridgehead atoms. The van der Waals surface area contributed by atoms with Crippen LogP contribution in [0.1, 0.15) is 59.8 Å². The third kappa shape index (κ3) is 2.32. The van der Waals surface area contributed by atoms with Gasteiger partial charge in [-0.3, -0.25) is 4.79 Å². The number of aliphatic hydroxyl groups is 1. The molecule has 1 saturated carbocycles. The van der Waals surface area contributed by atoms with Gasteiger partial charge < -0.3 is 5.11 Å². The van der Waals surface area contributed by atoms with Crippen molar-refractivity contribution in [2.45, 2.75) is 65.9 Å². The molecule has 2 nitrogen and oxygen atoms in total. The number of carbonyl (C=O) groups excluding carboxylic acids is 1. The molecule has 116 valence electrons. The lowest BCUT2D eigenvalue weighted by Crippen LogP contribution is -2.31. The zero-order chi connectivity index (χ0) is 15.4. The summed E-state index contributed by atoms with van der Waals surface area (Å²) in [7, 11) is 0. The molecule has 3 aliphatic rings. The van der Waals surface area contributed by atoms with E-state index in [9.17, 15) is 9.90 Å². The van der Waals surface area contributed by atoms with Crippen LogP contribution in [0.2, 0.25) is 0 Å². The quantitative estimate of drug-likeness (QED) is 0.739. The minimum Gasteiger partial charge on any atom is -0.392 e. The largest absolute Gasteiger partial charge is 0.392 e. The normalized spacial score (nSPS) is 42.5. The number of aliphatic hydroxyl groups excluding tert-OH is 1. The Morgan fingerprint density at radius 1 is 1.33 bits per heavy atom. The highest BCUT2D eigenvalue weighted by atomic mass is 16.3. The highest BCUT2D eigenvalue weighted by Gasteiger charge is 2.44. The number of hydrogen-bond donors (Lipinski definition) is 1. The van der Waals surface area contributed by atoms with Crippen molar-refractivity contribution < 1.29 is 9.90 Å². The van der Waals surface area contributed by atoms with Gasteiger partial charge in [-0.25, -0.2) is 0 Å². The van der Waals surface area contributed by atoms with Gasteiger partial charge in [0.1, 0.15) is 0 Å². The molecule has 2 heteroatoms. The first-order valence-electron chi connectivity index (χ1n) is 8.50. The first-order chi connectivity index (χ1) is 9.83. The lowest BCUT2D eigenvalue weighted by atomic mass is 9.71. The van der Waals surface area contributed by atoms with E-state index in [-0.39, 0.29) is 23.4 Å². The van der Waals surface area contributed by atoms with E-state index in [0.717, 1.165) is 31.3 Å². The highest BCUT2D eigenvalue weighted by molar-refractivity contribution is 5.98. The van der Waals surface area contributed by atoms with E-state index in [1.54, 1.807) is 0 Å². The van der Waals surface area contributed by atoms with E-state index in [2.05, 4.69) is 33.8 Å². The number of hydrogen-bond acceptors (Lipinski definition) is 2. The fourth-order valence-corrected chi connectivity index (χ4v) is 4.76. The average Bonchev–Trinajstić information content (AvgIpc) is 2.91. The lowest BCUT2D eigenvalue weighted by Gasteiger charge is -2.35. The number of allylic oxidation sites excluding steroid dienone is 3. The molecule has 0 aromatic carbocycles. The van der Waals surface area contributed by atoms with Crippen LogP contribution < -0.4 is 0 Å². The molecule has 0 saturated heterocycles. The van der Waals surface area contributed by atoms with Crippen LogP contribution in [0.5, 0.6) is 0 Å². The Bertz CT molecular complexity index is 526. The number of Topliss-reactive ketones (excluding diaryl/α,β-unsaturated/α-hetero) is 1. The van der Waals surface area contributed by atoms with E-state index in [1.807, 2.05) is 0 Å². The predicted octanol–water partition coefficient (Wildman–Crippen LogP) is 4.05. The Labute approximate surface area is 128 Å². The van der Waals surface area contributed by atoms with Crippen LogP contribution in [0.4, 0.5) is 0 Å². The maximum Gasteiger partial charge on any atom is 0.158 e. The summed E-state index contributed by atoms with van der Waals surface area (Å²) in [6.45, 7) is 8.89. The molecule has 4 atom stereocenters. The van der Waals surface area contributed by atoms with Gasteiger partial charge in [-0.1, -0.05) is 44.9 Å². The zero-order valence-corrected chi connectivity index (χ0v) is 13.8. The van der Waals surface area contributed by atoms with Crippen molar-refractivity contribution in [1.82, 2.24) is 0 Å². The number of ketones is 1. The fourth-order valence-electron chi connectivity index (χ4n) is 4.76. The van der Waals surface area contributed by atoms with E-state index in [0.29, 0.717) is 18.1 Å². The van der Waals surface area contributed by atoms with Crippen LogP contribution in [0, 0.1) is 23.2 Å². The van der Waals surface area contributed by atoms with E-state index < -0.39 is 0 Å². The minimum atomic E-state index is -0.314. The first-order valence-corrected chi connectivity index (χ1v) is 8.50. The van der Waals surface area contributed by atoms with Gasteiger partial charge in [0.15, 0.2) is 5.78 Å². The second kappa shape index (κ2) is 5.08. The monoisotopic (exact) mass is 288 g/mol. The topological polar surface area (TPSA) is 37.3 Å². The molecule has 0 amide bonds. The summed E-state index contributed by atoms with van der Waals surface area (Å²) in [5.74, 6) is 1.32. The molecule has 0 aliphatic heterocycles. The zero-order valence-electron chi connectivity index (χ0n) is 13.8. The van der Waals surface area contributed by atoms with Crippen LogP contribution in [0.3, 0.4) is 0 Å². The summed E-state index contributed by atoms with van der Waals surface area (Å²) >= 11 is 0. The lowest BCUT2D eigenvalue weighted by molar-refractivity contribution is -0.114. The average molecular weight is 288 g/mol. The van der Waals surface area contributed by atoms with Gasteiger partial charge in [0.2, 0.25) is 0 Å². The molecule has 0 aromatic heterocycles. The number of rotatable bonds is 1. The molecule has 0 spiro atoms. The Morgan fingerprint density at radius 2 is 2.05 bits per heavy atom. The summed E-state index contributed by atoms with van der Waals surface area (Å²) < 4.78 is 0. The van der Waals surface area contributed by atoms with Crippen LogP contribution in [0.25, 0.3) is 0 Å². The van der Waals surface area contributed by atoms with Crippen molar-refractivity contribution in [3.05, 3.63) is 22.8 Å². The van der Waals surface area contributed by atoms with Gasteiger partial charge in [-0.15, -0.1) is 0 Å². The van der Waals surface area contributed by atoms with Gasteiger partial charge in [0, 0.05) is 11.8 Å². The second-order valence-electron chi connectivity index (χ2n) is 7.87. The van der Waals surface area contributed by atoms with Gasteiger partial charge in [0.05, 0.1) is 6.10 Å². The summed E-state index contributed by atoms with van der Waals surface area (Å²) in [6.07, 6.45) is 6.58. The van der Waals surface area contributed by atoms with Crippen LogP contribution in [0.15, 0.2) is 22.8 Å². The number of fused-ring (bicyclic) bond motifs is 2. The van der Waals surface area contributed by atoms with Crippen molar-refractivity contribution in [3.8, 4) is 0 Å². The maximum atomic E-state index is 12.3. The van der Waals surface area contributed by atoms with Gasteiger partial charge in [-0.05, 0) is 49.0 Å². The molecule has 3 aliphatic carbocycles. The molecule has 3 rings (SSSR count). The molecule has 4 unspecified atom stereocenters. The van der Waals surface area contributed by atoms with Crippen molar-refractivity contribution in [2.75, 3.05) is 0 Å². The predicted molar refractivity (Wildman–Crippen MR) is 84.8 cm³/mol. The van der Waals surface area contributed by atoms with E-state index >= 15 is 0 Å². The molecule has 0 aromatic rings. The molecular weight excluding hydrogens is 260 g/mol. The van der Waals surface area contributed by atoms with Gasteiger partial charge in [0.25, 0.3) is 0 Å². The second-order valence-corrected chi connectivity index (χ2v) is 7.87. The van der Waals surface area contributed by atoms with Crippen LogP contribution in [-0.2, 0) is 4.79 Å². The minimum absolute atomic E-state index is 0.00565. The molecule has 1 N–H and O–H groups in total. The summed E-state index contributed by atoms with van der Waals surface area (Å²) in [5, 5.41) is 10.7. The van der Waals surface area contributed by atoms with Crippen molar-refractivity contribution in [2.24, 2.45) is 23.2 Å². The fraction of sp³-hybridized carbons (Fsp3) is 0.737. The van der Waals surface area contributed by atoms with Gasteiger partial charge in [-0.2, -0.15) is 0 Å². The van der Waals surface area contributed by atoms with E-state index in [1.165, 1.54) is 11.1 Å². The molecule has 0 heterocycles. The first kappa shape index (κ1) is 15.0. The van der Waals surface area contributed by atoms with Crippen molar-refractivity contribution >= 4 is 5.78 Å². The Kier molecular flexibility index (Phi) is 3.64. The van der Waals surface area contributed by atoms with E-state index in [4.69, 9.17) is 0 Å². The maximum absolute atomic E-state index is 12.3. The Hall–Kier alpha value is -0.890. The highest BCUT2D eigenvalue weighted by Crippen LogP contribution is 2.52. The van der Waals surface area contributed by atoms with Crippen LogP contribution >= 0.6 is 0 Å². The number of carbonyl (C=O) groups is 1. The summed E-state index contributed by atoms with van der Waals surface area (Å²) in [4.78, 5) is 12.3. The standard InChI is InChI=1S/C19H28O2/c1-11(2)13-7-8-19(4)10-15-14(5-6-17(15)20)12(3)18(21)9-16(13)19/h10-12,14,18,21H,5-9H2,1-4H3/b15-10+. The Balaban J connectivity index is 2.13. The third-order valence-electron chi connectivity index (χ3n) is 6.22. The van der Waals surface area contributed by atoms with Gasteiger partial charge >= 0.3 is 0 Å². The molecule has 21 heavy (non-hydrogen) atoms. The van der Waals surface area contributed by atoms with Crippen LogP contribution in [-0.4, -0.2) is 17.0 Å². The van der Waals surface area contributed by atoms with Crippen molar-refractivity contribution in [3.63, 3.8) is 0 Å². The smallest absolute Gasteiger partial charge is 0.158 e.